The van der Waals surface area contributed by atoms with Crippen molar-refractivity contribution in [1.82, 2.24) is 10.2 Å². The van der Waals surface area contributed by atoms with Crippen LogP contribution in [0.15, 0.2) is 17.5 Å². The molecule has 1 atom stereocenters. The second kappa shape index (κ2) is 8.68. The fourth-order valence-electron chi connectivity index (χ4n) is 1.97. The maximum absolute atomic E-state index is 3.47. The van der Waals surface area contributed by atoms with Crippen LogP contribution in [0.2, 0.25) is 0 Å². The molecule has 2 nitrogen and oxygen atoms in total. The molecule has 1 aromatic rings. The third-order valence-electron chi connectivity index (χ3n) is 3.32. The summed E-state index contributed by atoms with van der Waals surface area (Å²) in [6, 6.07) is 5.63. The molecule has 0 saturated heterocycles. The zero-order valence-electron chi connectivity index (χ0n) is 12.3. The average Bonchev–Trinajstić information content (AvgIpc) is 2.80. The molecule has 1 N–H and O–H groups in total. The zero-order valence-corrected chi connectivity index (χ0v) is 13.1. The van der Waals surface area contributed by atoms with Crippen molar-refractivity contribution in [1.29, 1.82) is 0 Å². The Labute approximate surface area is 116 Å². The van der Waals surface area contributed by atoms with Crippen molar-refractivity contribution in [3.05, 3.63) is 22.4 Å². The highest BCUT2D eigenvalue weighted by Crippen LogP contribution is 2.13. The van der Waals surface area contributed by atoms with Gasteiger partial charge in [0.05, 0.1) is 0 Å². The summed E-state index contributed by atoms with van der Waals surface area (Å²) in [7, 11) is 2.24. The van der Waals surface area contributed by atoms with Crippen LogP contribution in [0.1, 0.15) is 38.5 Å². The molecule has 104 valence electrons. The highest BCUT2D eigenvalue weighted by Gasteiger charge is 2.09. The molecule has 18 heavy (non-hydrogen) atoms. The zero-order chi connectivity index (χ0) is 13.4. The van der Waals surface area contributed by atoms with Gasteiger partial charge in [0.1, 0.15) is 0 Å². The van der Waals surface area contributed by atoms with Crippen molar-refractivity contribution in [3.63, 3.8) is 0 Å². The Morgan fingerprint density at radius 2 is 2.06 bits per heavy atom. The lowest BCUT2D eigenvalue weighted by atomic mass is 10.1. The Hall–Kier alpha value is -0.380. The van der Waals surface area contributed by atoms with E-state index in [1.54, 1.807) is 0 Å². The molecule has 1 rings (SSSR count). The van der Waals surface area contributed by atoms with Gasteiger partial charge in [-0.05, 0) is 57.8 Å². The number of thiophene rings is 1. The number of nitrogens with one attached hydrogen (secondary N) is 1. The first-order chi connectivity index (χ1) is 8.59. The molecule has 0 amide bonds. The van der Waals surface area contributed by atoms with Gasteiger partial charge in [0.25, 0.3) is 0 Å². The minimum Gasteiger partial charge on any atom is -0.315 e. The molecule has 1 unspecified atom stereocenters. The van der Waals surface area contributed by atoms with Gasteiger partial charge >= 0.3 is 0 Å². The van der Waals surface area contributed by atoms with E-state index < -0.39 is 0 Å². The van der Waals surface area contributed by atoms with E-state index in [4.69, 9.17) is 0 Å². The number of rotatable bonds is 9. The van der Waals surface area contributed by atoms with Crippen LogP contribution in [0.25, 0.3) is 0 Å². The minimum absolute atomic E-state index is 0.612. The quantitative estimate of drug-likeness (QED) is 0.691. The highest BCUT2D eigenvalue weighted by atomic mass is 32.1. The Kier molecular flexibility index (Phi) is 7.56. The van der Waals surface area contributed by atoms with Crippen molar-refractivity contribution in [3.8, 4) is 0 Å². The molecule has 1 heterocycles. The molecule has 0 bridgehead atoms. The van der Waals surface area contributed by atoms with Crippen molar-refractivity contribution in [2.45, 2.75) is 52.1 Å². The van der Waals surface area contributed by atoms with Gasteiger partial charge in [-0.15, -0.1) is 11.3 Å². The molecule has 0 aromatic carbocycles. The minimum atomic E-state index is 0.612. The molecule has 0 spiro atoms. The van der Waals surface area contributed by atoms with Crippen molar-refractivity contribution >= 4 is 11.3 Å². The van der Waals surface area contributed by atoms with Gasteiger partial charge < -0.3 is 10.2 Å². The topological polar surface area (TPSA) is 15.3 Å². The maximum atomic E-state index is 3.47. The standard InChI is InChI=1S/C15H28N2S/c1-13(2)16-9-5-6-10-17(4)14(3)12-15-8-7-11-18-15/h7-8,11,13-14,16H,5-6,9-10,12H2,1-4H3. The number of nitrogens with zero attached hydrogens (tertiary/aromatic N) is 1. The van der Waals surface area contributed by atoms with E-state index in [-0.39, 0.29) is 0 Å². The molecular weight excluding hydrogens is 240 g/mol. The summed E-state index contributed by atoms with van der Waals surface area (Å²) >= 11 is 1.87. The molecular formula is C15H28N2S. The predicted molar refractivity (Wildman–Crippen MR) is 82.5 cm³/mol. The van der Waals surface area contributed by atoms with E-state index in [0.717, 1.165) is 6.54 Å². The molecule has 0 aliphatic rings. The van der Waals surface area contributed by atoms with Crippen LogP contribution in [0.3, 0.4) is 0 Å². The molecule has 0 fully saturated rings. The van der Waals surface area contributed by atoms with Gasteiger partial charge in [0, 0.05) is 17.0 Å². The number of hydrogen-bond donors (Lipinski definition) is 1. The lowest BCUT2D eigenvalue weighted by Gasteiger charge is -2.24. The Bertz CT molecular complexity index is 295. The molecule has 1 aromatic heterocycles. The van der Waals surface area contributed by atoms with E-state index >= 15 is 0 Å². The Morgan fingerprint density at radius 1 is 1.28 bits per heavy atom. The summed E-state index contributed by atoms with van der Waals surface area (Å²) < 4.78 is 0. The van der Waals surface area contributed by atoms with E-state index in [1.807, 2.05) is 11.3 Å². The largest absolute Gasteiger partial charge is 0.315 e. The first kappa shape index (κ1) is 15.7. The summed E-state index contributed by atoms with van der Waals surface area (Å²) in [6.45, 7) is 9.08. The van der Waals surface area contributed by atoms with Crippen LogP contribution in [-0.2, 0) is 6.42 Å². The fraction of sp³-hybridized carbons (Fsp3) is 0.733. The third-order valence-corrected chi connectivity index (χ3v) is 4.22. The fourth-order valence-corrected chi connectivity index (χ4v) is 2.80. The molecule has 0 saturated carbocycles. The molecule has 0 aliphatic heterocycles. The lowest BCUT2D eigenvalue weighted by molar-refractivity contribution is 0.251. The van der Waals surface area contributed by atoms with E-state index in [1.165, 1.54) is 30.7 Å². The normalized spacial score (nSPS) is 13.4. The SMILES string of the molecule is CC(C)NCCCCN(C)C(C)Cc1cccs1. The second-order valence-corrected chi connectivity index (χ2v) is 6.46. The van der Waals surface area contributed by atoms with E-state index in [9.17, 15) is 0 Å². The summed E-state index contributed by atoms with van der Waals surface area (Å²) in [5.74, 6) is 0. The van der Waals surface area contributed by atoms with Gasteiger partial charge in [0.2, 0.25) is 0 Å². The number of likely N-dealkylation sites (N-methyl/N-ethyl adjacent to an activating group) is 1. The van der Waals surface area contributed by atoms with Crippen LogP contribution < -0.4 is 5.32 Å². The first-order valence-electron chi connectivity index (χ1n) is 7.05. The smallest absolute Gasteiger partial charge is 0.0112 e. The van der Waals surface area contributed by atoms with Gasteiger partial charge in [-0.25, -0.2) is 0 Å². The summed E-state index contributed by atoms with van der Waals surface area (Å²) in [6.07, 6.45) is 3.73. The van der Waals surface area contributed by atoms with E-state index in [2.05, 4.69) is 55.5 Å². The summed E-state index contributed by atoms with van der Waals surface area (Å²) in [5.41, 5.74) is 0. The van der Waals surface area contributed by atoms with Crippen molar-refractivity contribution < 1.29 is 0 Å². The molecule has 3 heteroatoms. The molecule has 0 radical (unpaired) electrons. The van der Waals surface area contributed by atoms with Gasteiger partial charge in [-0.1, -0.05) is 19.9 Å². The predicted octanol–water partition coefficient (Wildman–Crippen LogP) is 3.39. The second-order valence-electron chi connectivity index (χ2n) is 5.43. The third kappa shape index (κ3) is 6.53. The van der Waals surface area contributed by atoms with E-state index in [0.29, 0.717) is 12.1 Å². The van der Waals surface area contributed by atoms with Crippen LogP contribution in [0, 0.1) is 0 Å². The molecule has 0 aliphatic carbocycles. The summed E-state index contributed by atoms with van der Waals surface area (Å²) in [5, 5.41) is 5.63. The van der Waals surface area contributed by atoms with Crippen LogP contribution >= 0.6 is 11.3 Å². The van der Waals surface area contributed by atoms with Gasteiger partial charge in [0.15, 0.2) is 0 Å². The number of hydrogen-bond acceptors (Lipinski definition) is 3. The van der Waals surface area contributed by atoms with Crippen LogP contribution in [0.5, 0.6) is 0 Å². The number of unbranched alkanes of at least 4 members (excludes halogenated alkanes) is 1. The highest BCUT2D eigenvalue weighted by molar-refractivity contribution is 7.09. The van der Waals surface area contributed by atoms with Crippen LogP contribution in [0.4, 0.5) is 0 Å². The summed E-state index contributed by atoms with van der Waals surface area (Å²) in [4.78, 5) is 3.98. The van der Waals surface area contributed by atoms with Crippen LogP contribution in [-0.4, -0.2) is 37.1 Å². The Morgan fingerprint density at radius 3 is 2.67 bits per heavy atom. The first-order valence-corrected chi connectivity index (χ1v) is 7.93. The lowest BCUT2D eigenvalue weighted by Crippen LogP contribution is -2.32. The van der Waals surface area contributed by atoms with Crippen molar-refractivity contribution in [2.24, 2.45) is 0 Å². The van der Waals surface area contributed by atoms with Crippen molar-refractivity contribution in [2.75, 3.05) is 20.1 Å². The van der Waals surface area contributed by atoms with Gasteiger partial charge in [-0.3, -0.25) is 0 Å². The maximum Gasteiger partial charge on any atom is 0.0112 e. The Balaban J connectivity index is 2.10. The van der Waals surface area contributed by atoms with Gasteiger partial charge in [-0.2, -0.15) is 0 Å². The monoisotopic (exact) mass is 268 g/mol. The average molecular weight is 268 g/mol.